The van der Waals surface area contributed by atoms with E-state index in [0.717, 1.165) is 12.1 Å². The van der Waals surface area contributed by atoms with Crippen LogP contribution in [0.3, 0.4) is 0 Å². The fraction of sp³-hybridized carbons (Fsp3) is 0.200. The van der Waals surface area contributed by atoms with Crippen LogP contribution in [0.15, 0.2) is 72.8 Å². The van der Waals surface area contributed by atoms with Gasteiger partial charge in [-0.25, -0.2) is 0 Å². The highest BCUT2D eigenvalue weighted by atomic mass is 19.4. The van der Waals surface area contributed by atoms with Gasteiger partial charge in [-0.1, -0.05) is 48.5 Å². The molecule has 3 rings (SSSR count). The number of ether oxygens (including phenoxy) is 3. The van der Waals surface area contributed by atoms with E-state index >= 15 is 0 Å². The molecule has 0 spiro atoms. The van der Waals surface area contributed by atoms with Crippen molar-refractivity contribution in [2.24, 2.45) is 0 Å². The van der Waals surface area contributed by atoms with Crippen LogP contribution in [0.2, 0.25) is 0 Å². The van der Waals surface area contributed by atoms with E-state index in [1.165, 1.54) is 25.3 Å². The number of rotatable bonds is 9. The summed E-state index contributed by atoms with van der Waals surface area (Å²) in [4.78, 5) is 26.0. The Morgan fingerprint density at radius 3 is 2.09 bits per heavy atom. The molecule has 0 fully saturated rings. The molecule has 172 valence electrons. The van der Waals surface area contributed by atoms with Crippen molar-refractivity contribution in [2.45, 2.75) is 19.4 Å². The number of ketones is 2. The van der Waals surface area contributed by atoms with E-state index in [2.05, 4.69) is 4.74 Å². The zero-order valence-electron chi connectivity index (χ0n) is 17.9. The third-order valence-electron chi connectivity index (χ3n) is 4.78. The minimum Gasteiger partial charge on any atom is -0.497 e. The van der Waals surface area contributed by atoms with Crippen LogP contribution >= 0.6 is 0 Å². The van der Waals surface area contributed by atoms with Gasteiger partial charge in [-0.3, -0.25) is 9.59 Å². The molecule has 0 N–H and O–H groups in total. The van der Waals surface area contributed by atoms with Crippen molar-refractivity contribution < 1.29 is 37.0 Å². The predicted octanol–water partition coefficient (Wildman–Crippen LogP) is 5.79. The quantitative estimate of drug-likeness (QED) is 0.300. The summed E-state index contributed by atoms with van der Waals surface area (Å²) in [6.07, 6.45) is -5.63. The van der Waals surface area contributed by atoms with Crippen LogP contribution in [0.4, 0.5) is 13.2 Å². The summed E-state index contributed by atoms with van der Waals surface area (Å²) in [5.41, 5.74) is 1.18. The number of Topliss-reactive ketones (excluding diaryl/α,β-unsaturated/α-hetero) is 2. The second-order valence-electron chi connectivity index (χ2n) is 6.93. The minimum atomic E-state index is -4.81. The van der Waals surface area contributed by atoms with Crippen molar-refractivity contribution in [2.75, 3.05) is 13.7 Å². The molecule has 0 saturated carbocycles. The molecule has 5 nitrogen and oxygen atoms in total. The standard InChI is InChI=1S/C25H21F3O5/c1-3-32-24(17-9-11-18(12-10-17)33-25(26,27)28)20-14-13-19(31-2)15-21(20)23(30)22(29)16-7-5-4-6-8-16/h4-15,24H,3H2,1-2H3. The molecule has 0 saturated heterocycles. The largest absolute Gasteiger partial charge is 0.573 e. The smallest absolute Gasteiger partial charge is 0.497 e. The van der Waals surface area contributed by atoms with Gasteiger partial charge in [0, 0.05) is 17.7 Å². The zero-order chi connectivity index (χ0) is 24.0. The van der Waals surface area contributed by atoms with Crippen molar-refractivity contribution in [3.05, 3.63) is 95.1 Å². The van der Waals surface area contributed by atoms with Gasteiger partial charge in [-0.2, -0.15) is 0 Å². The number of halogens is 3. The van der Waals surface area contributed by atoms with Gasteiger partial charge in [0.1, 0.15) is 17.6 Å². The first kappa shape index (κ1) is 24.0. The van der Waals surface area contributed by atoms with Crippen LogP contribution < -0.4 is 9.47 Å². The first-order valence-electron chi connectivity index (χ1n) is 10.0. The van der Waals surface area contributed by atoms with E-state index in [1.807, 2.05) is 0 Å². The predicted molar refractivity (Wildman–Crippen MR) is 115 cm³/mol. The molecule has 1 unspecified atom stereocenters. The summed E-state index contributed by atoms with van der Waals surface area (Å²) in [6, 6.07) is 17.9. The second kappa shape index (κ2) is 10.3. The van der Waals surface area contributed by atoms with Crippen LogP contribution in [0.1, 0.15) is 44.9 Å². The Morgan fingerprint density at radius 1 is 0.879 bits per heavy atom. The first-order valence-corrected chi connectivity index (χ1v) is 10.0. The summed E-state index contributed by atoms with van der Waals surface area (Å²) >= 11 is 0. The number of benzene rings is 3. The molecule has 0 heterocycles. The molecule has 1 atom stereocenters. The highest BCUT2D eigenvalue weighted by molar-refractivity contribution is 6.49. The maximum Gasteiger partial charge on any atom is 0.573 e. The molecule has 0 aliphatic heterocycles. The summed E-state index contributed by atoms with van der Waals surface area (Å²) in [5, 5.41) is 0. The minimum absolute atomic E-state index is 0.0808. The SMILES string of the molecule is CCOC(c1ccc(OC(F)(F)F)cc1)c1ccc(OC)cc1C(=O)C(=O)c1ccccc1. The summed E-state index contributed by atoms with van der Waals surface area (Å²) in [7, 11) is 1.43. The molecule has 3 aromatic carbocycles. The van der Waals surface area contributed by atoms with Crippen LogP contribution in [-0.4, -0.2) is 31.6 Å². The molecule has 3 aromatic rings. The molecular formula is C25H21F3O5. The molecule has 0 aliphatic rings. The molecule has 33 heavy (non-hydrogen) atoms. The Hall–Kier alpha value is -3.65. The van der Waals surface area contributed by atoms with Gasteiger partial charge in [0.05, 0.1) is 7.11 Å². The molecule has 8 heteroatoms. The van der Waals surface area contributed by atoms with Crippen molar-refractivity contribution >= 4 is 11.6 Å². The highest BCUT2D eigenvalue weighted by Crippen LogP contribution is 2.33. The van der Waals surface area contributed by atoms with Crippen molar-refractivity contribution in [1.29, 1.82) is 0 Å². The van der Waals surface area contributed by atoms with E-state index < -0.39 is 24.0 Å². The topological polar surface area (TPSA) is 61.8 Å². The Morgan fingerprint density at radius 2 is 1.52 bits per heavy atom. The van der Waals surface area contributed by atoms with E-state index in [9.17, 15) is 22.8 Å². The van der Waals surface area contributed by atoms with Crippen molar-refractivity contribution in [3.63, 3.8) is 0 Å². The van der Waals surface area contributed by atoms with Crippen LogP contribution in [0.25, 0.3) is 0 Å². The number of carbonyl (C=O) groups is 2. The number of hydrogen-bond acceptors (Lipinski definition) is 5. The van der Waals surface area contributed by atoms with Crippen LogP contribution in [0.5, 0.6) is 11.5 Å². The van der Waals surface area contributed by atoms with Crippen molar-refractivity contribution in [1.82, 2.24) is 0 Å². The second-order valence-corrected chi connectivity index (χ2v) is 6.93. The molecule has 0 aromatic heterocycles. The number of hydrogen-bond donors (Lipinski definition) is 0. The van der Waals surface area contributed by atoms with Gasteiger partial charge in [0.2, 0.25) is 11.6 Å². The lowest BCUT2D eigenvalue weighted by Crippen LogP contribution is -2.19. The van der Waals surface area contributed by atoms with E-state index in [-0.39, 0.29) is 23.5 Å². The van der Waals surface area contributed by atoms with Gasteiger partial charge in [0.15, 0.2) is 0 Å². The Bertz CT molecular complexity index is 1110. The normalized spacial score (nSPS) is 12.2. The number of carbonyl (C=O) groups excluding carboxylic acids is 2. The number of methoxy groups -OCH3 is 1. The summed E-state index contributed by atoms with van der Waals surface area (Å²) in [6.45, 7) is 1.99. The first-order chi connectivity index (χ1) is 15.7. The Kier molecular flexibility index (Phi) is 7.50. The molecule has 0 radical (unpaired) electrons. The molecular weight excluding hydrogens is 437 g/mol. The van der Waals surface area contributed by atoms with E-state index in [1.54, 1.807) is 49.4 Å². The number of alkyl halides is 3. The Labute approximate surface area is 188 Å². The maximum atomic E-state index is 13.2. The lowest BCUT2D eigenvalue weighted by Gasteiger charge is -2.21. The highest BCUT2D eigenvalue weighted by Gasteiger charge is 2.31. The lowest BCUT2D eigenvalue weighted by atomic mass is 9.91. The van der Waals surface area contributed by atoms with Crippen LogP contribution in [0, 0.1) is 0 Å². The van der Waals surface area contributed by atoms with Crippen molar-refractivity contribution in [3.8, 4) is 11.5 Å². The van der Waals surface area contributed by atoms with E-state index in [0.29, 0.717) is 16.9 Å². The van der Waals surface area contributed by atoms with Gasteiger partial charge >= 0.3 is 6.36 Å². The molecule has 0 bridgehead atoms. The average Bonchev–Trinajstić information content (AvgIpc) is 2.81. The fourth-order valence-corrected chi connectivity index (χ4v) is 3.31. The summed E-state index contributed by atoms with van der Waals surface area (Å²) < 4.78 is 52.4. The zero-order valence-corrected chi connectivity index (χ0v) is 17.9. The molecule has 0 aliphatic carbocycles. The van der Waals surface area contributed by atoms with Gasteiger partial charge in [-0.05, 0) is 42.3 Å². The maximum absolute atomic E-state index is 13.2. The Balaban J connectivity index is 2.03. The van der Waals surface area contributed by atoms with Gasteiger partial charge in [-0.15, -0.1) is 13.2 Å². The lowest BCUT2D eigenvalue weighted by molar-refractivity contribution is -0.274. The van der Waals surface area contributed by atoms with Gasteiger partial charge in [0.25, 0.3) is 0 Å². The third kappa shape index (κ3) is 5.98. The fourth-order valence-electron chi connectivity index (χ4n) is 3.31. The monoisotopic (exact) mass is 458 g/mol. The van der Waals surface area contributed by atoms with Gasteiger partial charge < -0.3 is 14.2 Å². The average molecular weight is 458 g/mol. The third-order valence-corrected chi connectivity index (χ3v) is 4.78. The van der Waals surface area contributed by atoms with Crippen LogP contribution in [-0.2, 0) is 4.74 Å². The molecule has 0 amide bonds. The van der Waals surface area contributed by atoms with E-state index in [4.69, 9.17) is 9.47 Å². The summed E-state index contributed by atoms with van der Waals surface area (Å²) in [5.74, 6) is -1.47.